The van der Waals surface area contributed by atoms with Crippen molar-refractivity contribution < 1.29 is 4.79 Å². The largest absolute Gasteiger partial charge is 0.301 e. The van der Waals surface area contributed by atoms with Crippen LogP contribution < -0.4 is 0 Å². The monoisotopic (exact) mass is 192 g/mol. The van der Waals surface area contributed by atoms with E-state index in [0.29, 0.717) is 5.70 Å². The van der Waals surface area contributed by atoms with Crippen molar-refractivity contribution in [1.82, 2.24) is 0 Å². The third-order valence-electron chi connectivity index (χ3n) is 1.71. The second kappa shape index (κ2) is 6.02. The molecule has 0 rings (SSSR count). The predicted octanol–water partition coefficient (Wildman–Crippen LogP) is 2.54. The molecule has 0 aliphatic carbocycles. The van der Waals surface area contributed by atoms with E-state index in [-0.39, 0.29) is 11.5 Å². The second-order valence-electron chi connectivity index (χ2n) is 2.92. The van der Waals surface area contributed by atoms with Crippen LogP contribution in [0, 0.1) is 5.41 Å². The van der Waals surface area contributed by atoms with E-state index in [1.165, 1.54) is 6.92 Å². The van der Waals surface area contributed by atoms with E-state index in [4.69, 9.17) is 5.41 Å². The fraction of sp³-hybridized carbons (Fsp3) is 0.364. The third kappa shape index (κ3) is 3.94. The Morgan fingerprint density at radius 1 is 1.21 bits per heavy atom. The summed E-state index contributed by atoms with van der Waals surface area (Å²) in [4.78, 5) is 15.4. The number of nitrogens with zero attached hydrogens (tertiary/aromatic N) is 1. The number of carbonyl (C=O) groups excluding carboxylic acids is 1. The van der Waals surface area contributed by atoms with Crippen LogP contribution in [0.3, 0.4) is 0 Å². The van der Waals surface area contributed by atoms with Crippen LogP contribution in [0.15, 0.2) is 28.4 Å². The molecule has 0 atom stereocenters. The van der Waals surface area contributed by atoms with Crippen LogP contribution >= 0.6 is 0 Å². The number of rotatable bonds is 4. The van der Waals surface area contributed by atoms with Gasteiger partial charge in [0.25, 0.3) is 0 Å². The van der Waals surface area contributed by atoms with Crippen LogP contribution in [-0.4, -0.2) is 17.7 Å². The molecule has 0 aliphatic rings. The minimum atomic E-state index is -0.326. The Morgan fingerprint density at radius 3 is 2.14 bits per heavy atom. The van der Waals surface area contributed by atoms with E-state index in [1.807, 2.05) is 19.9 Å². The minimum Gasteiger partial charge on any atom is -0.301 e. The molecule has 0 saturated heterocycles. The maximum atomic E-state index is 11.3. The van der Waals surface area contributed by atoms with E-state index >= 15 is 0 Å². The zero-order valence-electron chi connectivity index (χ0n) is 9.09. The van der Waals surface area contributed by atoms with E-state index in [1.54, 1.807) is 19.2 Å². The Hall–Kier alpha value is -1.51. The molecule has 0 aliphatic heterocycles. The summed E-state index contributed by atoms with van der Waals surface area (Å²) in [7, 11) is 0. The number of nitrogens with one attached hydrogen (secondary N) is 1. The molecule has 0 radical (unpaired) electrons. The molecule has 3 heteroatoms. The molecule has 0 unspecified atom stereocenters. The number of allylic oxidation sites excluding steroid dienone is 4. The van der Waals surface area contributed by atoms with Crippen LogP contribution in [0.5, 0.6) is 0 Å². The molecular weight excluding hydrogens is 176 g/mol. The van der Waals surface area contributed by atoms with Gasteiger partial charge in [0.15, 0.2) is 0 Å². The lowest BCUT2D eigenvalue weighted by Crippen LogP contribution is -2.10. The molecule has 14 heavy (non-hydrogen) atoms. The molecule has 3 nitrogen and oxygen atoms in total. The number of carbonyl (C=O) groups is 1. The van der Waals surface area contributed by atoms with Crippen LogP contribution in [-0.2, 0) is 4.79 Å². The molecule has 1 N–H and O–H groups in total. The highest BCUT2D eigenvalue weighted by Gasteiger charge is 2.08. The zero-order chi connectivity index (χ0) is 11.1. The van der Waals surface area contributed by atoms with E-state index in [2.05, 4.69) is 4.99 Å². The van der Waals surface area contributed by atoms with Gasteiger partial charge in [0.2, 0.25) is 5.78 Å². The Bertz CT molecular complexity index is 322. The van der Waals surface area contributed by atoms with Crippen LogP contribution in [0.4, 0.5) is 0 Å². The summed E-state index contributed by atoms with van der Waals surface area (Å²) in [6, 6.07) is 0. The van der Waals surface area contributed by atoms with Crippen molar-refractivity contribution in [3.63, 3.8) is 0 Å². The van der Waals surface area contributed by atoms with Crippen molar-refractivity contribution in [1.29, 1.82) is 5.41 Å². The van der Waals surface area contributed by atoms with Crippen LogP contribution in [0.1, 0.15) is 27.7 Å². The first kappa shape index (κ1) is 12.5. The van der Waals surface area contributed by atoms with Gasteiger partial charge >= 0.3 is 0 Å². The van der Waals surface area contributed by atoms with Crippen LogP contribution in [0.25, 0.3) is 0 Å². The predicted molar refractivity (Wildman–Crippen MR) is 60.1 cm³/mol. The molecule has 76 valence electrons. The topological polar surface area (TPSA) is 53.3 Å². The molecule has 0 bridgehead atoms. The summed E-state index contributed by atoms with van der Waals surface area (Å²) in [5.74, 6) is -0.326. The van der Waals surface area contributed by atoms with Crippen molar-refractivity contribution in [3.05, 3.63) is 23.4 Å². The summed E-state index contributed by atoms with van der Waals surface area (Å²) >= 11 is 0. The number of ketones is 1. The molecule has 0 spiro atoms. The molecule has 0 aromatic carbocycles. The van der Waals surface area contributed by atoms with E-state index in [0.717, 1.165) is 5.57 Å². The van der Waals surface area contributed by atoms with Gasteiger partial charge in [0.05, 0.1) is 5.71 Å². The van der Waals surface area contributed by atoms with Gasteiger partial charge in [-0.3, -0.25) is 9.79 Å². The highest BCUT2D eigenvalue weighted by Crippen LogP contribution is 2.00. The van der Waals surface area contributed by atoms with Gasteiger partial charge in [-0.1, -0.05) is 12.2 Å². The summed E-state index contributed by atoms with van der Waals surface area (Å²) in [6.07, 6.45) is 5.13. The van der Waals surface area contributed by atoms with Gasteiger partial charge < -0.3 is 5.41 Å². The Balaban J connectivity index is 4.72. The summed E-state index contributed by atoms with van der Waals surface area (Å²) in [6.45, 7) is 7.00. The van der Waals surface area contributed by atoms with E-state index in [9.17, 15) is 4.79 Å². The van der Waals surface area contributed by atoms with Gasteiger partial charge in [-0.15, -0.1) is 0 Å². The Kier molecular flexibility index (Phi) is 5.37. The second-order valence-corrected chi connectivity index (χ2v) is 2.92. The quantitative estimate of drug-likeness (QED) is 0.540. The molecule has 0 aromatic rings. The lowest BCUT2D eigenvalue weighted by molar-refractivity contribution is -0.109. The van der Waals surface area contributed by atoms with Crippen molar-refractivity contribution in [2.24, 2.45) is 4.99 Å². The maximum absolute atomic E-state index is 11.3. The Labute approximate surface area is 84.8 Å². The summed E-state index contributed by atoms with van der Waals surface area (Å²) < 4.78 is 0. The van der Waals surface area contributed by atoms with Crippen molar-refractivity contribution in [2.45, 2.75) is 27.7 Å². The normalized spacial score (nSPS) is 13.4. The van der Waals surface area contributed by atoms with Gasteiger partial charge in [0, 0.05) is 6.21 Å². The summed E-state index contributed by atoms with van der Waals surface area (Å²) in [5, 5.41) is 7.19. The average Bonchev–Trinajstić information content (AvgIpc) is 2.17. The van der Waals surface area contributed by atoms with Gasteiger partial charge in [-0.25, -0.2) is 0 Å². The highest BCUT2D eigenvalue weighted by atomic mass is 16.1. The first-order valence-electron chi connectivity index (χ1n) is 4.46. The van der Waals surface area contributed by atoms with Crippen molar-refractivity contribution >= 4 is 17.7 Å². The molecule has 0 heterocycles. The smallest absolute Gasteiger partial charge is 0.224 e. The Morgan fingerprint density at radius 2 is 1.79 bits per heavy atom. The van der Waals surface area contributed by atoms with Crippen molar-refractivity contribution in [3.8, 4) is 0 Å². The van der Waals surface area contributed by atoms with E-state index < -0.39 is 0 Å². The van der Waals surface area contributed by atoms with Crippen LogP contribution in [0.2, 0.25) is 0 Å². The lowest BCUT2D eigenvalue weighted by Gasteiger charge is -1.97. The fourth-order valence-corrected chi connectivity index (χ4v) is 0.702. The number of hydrogen-bond acceptors (Lipinski definition) is 3. The zero-order valence-corrected chi connectivity index (χ0v) is 9.09. The number of aliphatic imine (C=N–C) groups is 1. The summed E-state index contributed by atoms with van der Waals surface area (Å²) in [5.41, 5.74) is 1.31. The molecule has 0 saturated carbocycles. The number of hydrogen-bond donors (Lipinski definition) is 1. The minimum absolute atomic E-state index is 0.00776. The SMILES string of the molecule is C\C=C(C)/C=N\C(=C/C)C(=O)C(C)=N. The van der Waals surface area contributed by atoms with Gasteiger partial charge in [-0.2, -0.15) is 0 Å². The average molecular weight is 192 g/mol. The maximum Gasteiger partial charge on any atom is 0.224 e. The number of Topliss-reactive ketones (excluding diaryl/α,β-unsaturated/α-hetero) is 1. The standard InChI is InChI=1S/C11H16N2O/c1-5-8(3)7-13-10(6-2)11(14)9(4)12/h5-7,12H,1-4H3/b8-5-,10-6-,12-9?,13-7-. The lowest BCUT2D eigenvalue weighted by atomic mass is 10.2. The first-order chi connectivity index (χ1) is 6.52. The van der Waals surface area contributed by atoms with Gasteiger partial charge in [0.1, 0.15) is 5.70 Å². The van der Waals surface area contributed by atoms with Gasteiger partial charge in [-0.05, 0) is 33.3 Å². The molecule has 0 fully saturated rings. The van der Waals surface area contributed by atoms with Crippen molar-refractivity contribution in [2.75, 3.05) is 0 Å². The highest BCUT2D eigenvalue weighted by molar-refractivity contribution is 6.43. The first-order valence-corrected chi connectivity index (χ1v) is 4.46. The third-order valence-corrected chi connectivity index (χ3v) is 1.71. The molecular formula is C11H16N2O. The molecule has 0 amide bonds. The fourth-order valence-electron chi connectivity index (χ4n) is 0.702. The molecule has 0 aromatic heterocycles.